The zero-order chi connectivity index (χ0) is 20.4. The Morgan fingerprint density at radius 1 is 0.964 bits per heavy atom. The number of rotatable bonds is 9. The van der Waals surface area contributed by atoms with Crippen LogP contribution in [0.4, 0.5) is 9.18 Å². The molecule has 0 aliphatic heterocycles. The van der Waals surface area contributed by atoms with Crippen LogP contribution < -0.4 is 20.7 Å². The van der Waals surface area contributed by atoms with Gasteiger partial charge in [-0.05, 0) is 55.2 Å². The van der Waals surface area contributed by atoms with Gasteiger partial charge in [0.2, 0.25) is 0 Å². The van der Waals surface area contributed by atoms with Crippen LogP contribution in [0.25, 0.3) is 0 Å². The number of methoxy groups -OCH3 is 1. The number of halogens is 1. The van der Waals surface area contributed by atoms with E-state index >= 15 is 0 Å². The molecule has 150 valence electrons. The molecule has 0 saturated heterocycles. The zero-order valence-corrected chi connectivity index (χ0v) is 16.2. The van der Waals surface area contributed by atoms with E-state index in [4.69, 9.17) is 4.74 Å². The van der Waals surface area contributed by atoms with Gasteiger partial charge in [0.05, 0.1) is 7.11 Å². The molecule has 0 atom stereocenters. The van der Waals surface area contributed by atoms with Gasteiger partial charge < -0.3 is 20.7 Å². The predicted octanol–water partition coefficient (Wildman–Crippen LogP) is 2.80. The lowest BCUT2D eigenvalue weighted by Crippen LogP contribution is -2.40. The molecule has 6 nitrogen and oxygen atoms in total. The minimum Gasteiger partial charge on any atom is -0.497 e. The second kappa shape index (κ2) is 10.9. The second-order valence-corrected chi connectivity index (χ2v) is 6.35. The Kier molecular flexibility index (Phi) is 8.27. The molecule has 0 saturated carbocycles. The van der Waals surface area contributed by atoms with Crippen LogP contribution in [0.3, 0.4) is 0 Å². The highest BCUT2D eigenvalue weighted by molar-refractivity contribution is 5.94. The van der Waals surface area contributed by atoms with E-state index in [0.29, 0.717) is 12.1 Å². The molecule has 2 rings (SSSR count). The first-order valence-corrected chi connectivity index (χ1v) is 9.18. The van der Waals surface area contributed by atoms with Crippen molar-refractivity contribution in [3.63, 3.8) is 0 Å². The van der Waals surface area contributed by atoms with Gasteiger partial charge in [0, 0.05) is 25.2 Å². The van der Waals surface area contributed by atoms with Crippen molar-refractivity contribution in [2.24, 2.45) is 0 Å². The van der Waals surface area contributed by atoms with E-state index in [1.807, 2.05) is 24.3 Å². The molecule has 2 aromatic carbocycles. The quantitative estimate of drug-likeness (QED) is 0.579. The first-order chi connectivity index (χ1) is 13.5. The van der Waals surface area contributed by atoms with E-state index in [-0.39, 0.29) is 30.6 Å². The molecule has 0 unspecified atom stereocenters. The molecular formula is C21H26FN3O3. The van der Waals surface area contributed by atoms with Crippen molar-refractivity contribution in [1.29, 1.82) is 0 Å². The number of hydrogen-bond donors (Lipinski definition) is 3. The molecule has 0 bridgehead atoms. The van der Waals surface area contributed by atoms with Gasteiger partial charge in [-0.15, -0.1) is 0 Å². The Morgan fingerprint density at radius 2 is 1.64 bits per heavy atom. The summed E-state index contributed by atoms with van der Waals surface area (Å²) in [6.07, 6.45) is 1.67. The Labute approximate surface area is 164 Å². The number of carbonyl (C=O) groups is 2. The van der Waals surface area contributed by atoms with E-state index in [1.54, 1.807) is 26.2 Å². The largest absolute Gasteiger partial charge is 0.497 e. The van der Waals surface area contributed by atoms with Crippen molar-refractivity contribution in [3.05, 3.63) is 65.0 Å². The van der Waals surface area contributed by atoms with Gasteiger partial charge in [0.15, 0.2) is 0 Å². The molecule has 3 N–H and O–H groups in total. The average molecular weight is 387 g/mol. The monoisotopic (exact) mass is 387 g/mol. The minimum absolute atomic E-state index is 0.256. The van der Waals surface area contributed by atoms with E-state index in [9.17, 15) is 14.0 Å². The van der Waals surface area contributed by atoms with Crippen LogP contribution in [-0.2, 0) is 6.42 Å². The molecule has 0 spiro atoms. The summed E-state index contributed by atoms with van der Waals surface area (Å²) >= 11 is 0. The van der Waals surface area contributed by atoms with Crippen LogP contribution in [-0.4, -0.2) is 38.7 Å². The third-order valence-electron chi connectivity index (χ3n) is 4.22. The van der Waals surface area contributed by atoms with Crippen molar-refractivity contribution in [3.8, 4) is 5.75 Å². The first-order valence-electron chi connectivity index (χ1n) is 9.18. The van der Waals surface area contributed by atoms with Crippen LogP contribution in [0.5, 0.6) is 5.75 Å². The number of urea groups is 1. The second-order valence-electron chi connectivity index (χ2n) is 6.35. The SMILES string of the molecule is COc1ccc(CCCNC(=O)NCCNC(=O)c2ccc(C)c(F)c2)cc1. The minimum atomic E-state index is -0.417. The van der Waals surface area contributed by atoms with Crippen molar-refractivity contribution in [2.45, 2.75) is 19.8 Å². The van der Waals surface area contributed by atoms with E-state index < -0.39 is 5.82 Å². The number of nitrogens with one attached hydrogen (secondary N) is 3. The molecule has 7 heteroatoms. The van der Waals surface area contributed by atoms with Gasteiger partial charge in [-0.1, -0.05) is 18.2 Å². The number of hydrogen-bond acceptors (Lipinski definition) is 3. The summed E-state index contributed by atoms with van der Waals surface area (Å²) in [4.78, 5) is 23.7. The van der Waals surface area contributed by atoms with Gasteiger partial charge in [-0.3, -0.25) is 4.79 Å². The normalized spacial score (nSPS) is 10.2. The van der Waals surface area contributed by atoms with E-state index in [2.05, 4.69) is 16.0 Å². The number of carbonyl (C=O) groups excluding carboxylic acids is 2. The summed E-state index contributed by atoms with van der Waals surface area (Å²) < 4.78 is 18.6. The molecular weight excluding hydrogens is 361 g/mol. The summed E-state index contributed by atoms with van der Waals surface area (Å²) in [7, 11) is 1.63. The van der Waals surface area contributed by atoms with Gasteiger partial charge >= 0.3 is 6.03 Å². The van der Waals surface area contributed by atoms with Crippen LogP contribution >= 0.6 is 0 Å². The molecule has 0 aromatic heterocycles. The summed E-state index contributed by atoms with van der Waals surface area (Å²) in [6, 6.07) is 11.9. The van der Waals surface area contributed by atoms with E-state index in [0.717, 1.165) is 18.6 Å². The fourth-order valence-corrected chi connectivity index (χ4v) is 2.54. The Bertz CT molecular complexity index is 794. The summed E-state index contributed by atoms with van der Waals surface area (Å²) in [6.45, 7) is 2.72. The summed E-state index contributed by atoms with van der Waals surface area (Å²) in [5, 5.41) is 8.08. The molecule has 0 heterocycles. The van der Waals surface area contributed by atoms with E-state index in [1.165, 1.54) is 11.6 Å². The lowest BCUT2D eigenvalue weighted by Gasteiger charge is -2.09. The number of benzene rings is 2. The molecule has 0 radical (unpaired) electrons. The van der Waals surface area contributed by atoms with Crippen molar-refractivity contribution in [2.75, 3.05) is 26.7 Å². The smallest absolute Gasteiger partial charge is 0.314 e. The number of amides is 3. The average Bonchev–Trinajstić information content (AvgIpc) is 2.71. The third-order valence-corrected chi connectivity index (χ3v) is 4.22. The third kappa shape index (κ3) is 6.90. The fourth-order valence-electron chi connectivity index (χ4n) is 2.54. The lowest BCUT2D eigenvalue weighted by molar-refractivity contribution is 0.0953. The molecule has 2 aromatic rings. The zero-order valence-electron chi connectivity index (χ0n) is 16.2. The Morgan fingerprint density at radius 3 is 2.32 bits per heavy atom. The molecule has 0 aliphatic rings. The highest BCUT2D eigenvalue weighted by Gasteiger charge is 2.07. The summed E-state index contributed by atoms with van der Waals surface area (Å²) in [5.74, 6) is 0.0289. The van der Waals surface area contributed by atoms with Crippen LogP contribution in [0.1, 0.15) is 27.9 Å². The number of ether oxygens (including phenoxy) is 1. The fraction of sp³-hybridized carbons (Fsp3) is 0.333. The lowest BCUT2D eigenvalue weighted by atomic mass is 10.1. The highest BCUT2D eigenvalue weighted by Crippen LogP contribution is 2.12. The molecule has 3 amide bonds. The van der Waals surface area contributed by atoms with Gasteiger partial charge in [0.25, 0.3) is 5.91 Å². The Hall–Kier alpha value is -3.09. The van der Waals surface area contributed by atoms with Crippen molar-refractivity contribution < 1.29 is 18.7 Å². The first kappa shape index (κ1) is 21.2. The van der Waals surface area contributed by atoms with Crippen molar-refractivity contribution >= 4 is 11.9 Å². The topological polar surface area (TPSA) is 79.5 Å². The van der Waals surface area contributed by atoms with Crippen LogP contribution in [0, 0.1) is 12.7 Å². The maximum atomic E-state index is 13.5. The summed E-state index contributed by atoms with van der Waals surface area (Å²) in [5.41, 5.74) is 1.92. The van der Waals surface area contributed by atoms with Gasteiger partial charge in [0.1, 0.15) is 11.6 Å². The van der Waals surface area contributed by atoms with Gasteiger partial charge in [-0.25, -0.2) is 9.18 Å². The predicted molar refractivity (Wildman–Crippen MR) is 106 cm³/mol. The van der Waals surface area contributed by atoms with Crippen molar-refractivity contribution in [1.82, 2.24) is 16.0 Å². The maximum absolute atomic E-state index is 13.5. The molecule has 0 fully saturated rings. The standard InChI is InChI=1S/C21H26FN3O3/c1-15-5-8-17(14-19(15)22)20(26)23-12-13-25-21(27)24-11-3-4-16-6-9-18(28-2)10-7-16/h5-10,14H,3-4,11-13H2,1-2H3,(H,23,26)(H2,24,25,27). The van der Waals surface area contributed by atoms with Crippen LogP contribution in [0.2, 0.25) is 0 Å². The number of aryl methyl sites for hydroxylation is 2. The van der Waals surface area contributed by atoms with Crippen LogP contribution in [0.15, 0.2) is 42.5 Å². The Balaban J connectivity index is 1.56. The molecule has 28 heavy (non-hydrogen) atoms. The van der Waals surface area contributed by atoms with Gasteiger partial charge in [-0.2, -0.15) is 0 Å². The molecule has 0 aliphatic carbocycles. The maximum Gasteiger partial charge on any atom is 0.314 e. The highest BCUT2D eigenvalue weighted by atomic mass is 19.1.